The molecule has 10 aromatic rings. The van der Waals surface area contributed by atoms with Gasteiger partial charge in [0.2, 0.25) is 0 Å². The standard InChI is InChI=1S/2C39H34ClF7N6O3S.CH4.I3.Na.H2O/c2*1-19-31-28-16-29(28)39(46,47)35(31)52(50-19)17-25(54)14-21(11-20-12-22(41)15-23(42)13-20)33-26(6-5-24(49-33)9-10-37(2,3)57(4,55)56)27-7-8-30(40)32-34(27)53(51-36(32)48)18-38(43,44)45;;1-3-2;;/h2*5-8,12-13,15,21,28-29H,11,14,16-18H2,1-4H3,(H2,48,51);1H4;;;1H2/q;;;-1;+1;/p-1/t2*21-,28+,29-;;;;/m11..../s1. The zero-order valence-corrected chi connectivity index (χ0v) is 75.8. The van der Waals surface area contributed by atoms with Gasteiger partial charge in [-0.2, -0.15) is 64.3 Å². The van der Waals surface area contributed by atoms with Gasteiger partial charge < -0.3 is 16.9 Å². The van der Waals surface area contributed by atoms with Crippen molar-refractivity contribution in [3.8, 4) is 45.9 Å². The maximum atomic E-state index is 15.4. The first-order valence-corrected chi connectivity index (χ1v) is 52.6. The minimum absolute atomic E-state index is 0. The van der Waals surface area contributed by atoms with Gasteiger partial charge in [-0.3, -0.25) is 28.3 Å². The van der Waals surface area contributed by atoms with Crippen LogP contribution in [-0.4, -0.2) is 117 Å². The number of carbonyl (C=O) groups excluding carboxylic acids is 2. The zero-order valence-electron chi connectivity index (χ0n) is 64.1. The molecule has 2 fully saturated rings. The Balaban J connectivity index is 0.000000258. The number of nitrogen functional groups attached to an aromatic ring is 2. The number of aromatic nitrogens is 10. The van der Waals surface area contributed by atoms with Gasteiger partial charge in [0.15, 0.2) is 42.9 Å². The molecule has 0 unspecified atom stereocenters. The summed E-state index contributed by atoms with van der Waals surface area (Å²) in [4.78, 5) is 37.5. The van der Waals surface area contributed by atoms with Crippen LogP contribution in [0, 0.1) is 72.6 Å². The second-order valence-corrected chi connectivity index (χ2v) is 52.5. The number of ketones is 2. The molecule has 6 atom stereocenters. The van der Waals surface area contributed by atoms with Crippen LogP contribution in [0.15, 0.2) is 84.9 Å². The van der Waals surface area contributed by atoms with Crippen molar-refractivity contribution in [3.05, 3.63) is 186 Å². The molecule has 120 heavy (non-hydrogen) atoms. The van der Waals surface area contributed by atoms with Crippen LogP contribution in [0.4, 0.5) is 73.1 Å². The quantitative estimate of drug-likeness (QED) is 0.0310. The van der Waals surface area contributed by atoms with Crippen LogP contribution in [0.1, 0.15) is 152 Å². The summed E-state index contributed by atoms with van der Waals surface area (Å²) in [6.45, 7) is 4.39. The first-order chi connectivity index (χ1) is 54.3. The first-order valence-electron chi connectivity index (χ1n) is 35.5. The number of aryl methyl sites for hydroxylation is 2. The first kappa shape index (κ1) is 97.1. The Morgan fingerprint density at radius 1 is 0.558 bits per heavy atom. The van der Waals surface area contributed by atoms with Crippen LogP contribution in [0.5, 0.6) is 0 Å². The van der Waals surface area contributed by atoms with E-state index in [2.05, 4.69) is 81.3 Å². The van der Waals surface area contributed by atoms with Crippen LogP contribution in [0.3, 0.4) is 0 Å². The third-order valence-electron chi connectivity index (χ3n) is 21.1. The Morgan fingerprint density at radius 2 is 0.875 bits per heavy atom. The van der Waals surface area contributed by atoms with Gasteiger partial charge in [-0.05, 0) is 163 Å². The number of sulfone groups is 2. The Kier molecular flexibility index (Phi) is 29.2. The second-order valence-electron chi connectivity index (χ2n) is 30.3. The average molecular weight is 2110 g/mol. The predicted molar refractivity (Wildman–Crippen MR) is 433 cm³/mol. The fourth-order valence-electron chi connectivity index (χ4n) is 15.2. The van der Waals surface area contributed by atoms with E-state index in [4.69, 9.17) is 44.6 Å². The maximum absolute atomic E-state index is 15.4. The number of benzene rings is 4. The molecular weight excluding hydrogens is 2030 g/mol. The van der Waals surface area contributed by atoms with E-state index in [0.29, 0.717) is 70.1 Å². The van der Waals surface area contributed by atoms with Gasteiger partial charge in [-0.1, -0.05) is 54.6 Å². The van der Waals surface area contributed by atoms with Crippen molar-refractivity contribution in [3.63, 3.8) is 0 Å². The number of anilines is 2. The molecule has 0 aliphatic heterocycles. The minimum atomic E-state index is -4.75. The molecule has 0 bridgehead atoms. The summed E-state index contributed by atoms with van der Waals surface area (Å²) in [6.07, 6.45) is -8.38. The molecular formula is C79H73Cl2F14I3N12NaO7S2-. The SMILES string of the molecule is C.Cc1nn(CC(=O)C[C@@H](Cc2cc(F)cc(F)c2)c2nc(C#CC(C)(C)S(C)(=O)=O)ccc2-c2ccc(Cl)c3c(N)nn(CC(F)(F)F)c23)c2c1[C@H]1C[C@H]1C2(F)F.Cc1nn(CC(=O)C[C@@H](Cc2cc(F)cc(F)c2)c2nc(C#CC(C)(C)S(C)(=O)=O)ccc2-c2ccc(Cl)c3c(N)nn(CC(F)(F)F)c23)c2c1[C@H]1C[C@H]1C2(F)F.I[I-]I.[Na+].[OH-]. The number of Topliss-reactive ketones (excluding diaryl/α,β-unsaturated/α-hetero) is 2. The molecule has 14 rings (SSSR count). The average Bonchev–Trinajstić information content (AvgIpc) is 1.53. The summed E-state index contributed by atoms with van der Waals surface area (Å²) in [5.74, 6) is -5.88. The molecule has 4 aliphatic carbocycles. The van der Waals surface area contributed by atoms with Crippen LogP contribution >= 0.6 is 60.4 Å². The third kappa shape index (κ3) is 20.4. The van der Waals surface area contributed by atoms with Crippen molar-refractivity contribution >= 4 is 125 Å². The number of nitrogens with two attached hydrogens (primary N) is 2. The number of alkyl halides is 10. The topological polar surface area (TPSA) is 282 Å². The predicted octanol–water partition coefficient (Wildman–Crippen LogP) is 12.3. The van der Waals surface area contributed by atoms with Crippen molar-refractivity contribution in [1.29, 1.82) is 0 Å². The van der Waals surface area contributed by atoms with E-state index in [9.17, 15) is 70.3 Å². The molecule has 6 aromatic heterocycles. The largest absolute Gasteiger partial charge is 1.00 e. The van der Waals surface area contributed by atoms with Crippen LogP contribution < -0.4 is 54.3 Å². The number of nitrogens with zero attached hydrogens (tertiary/aromatic N) is 10. The van der Waals surface area contributed by atoms with Gasteiger partial charge in [0, 0.05) is 94.5 Å². The molecule has 4 aromatic carbocycles. The van der Waals surface area contributed by atoms with Gasteiger partial charge in [0.25, 0.3) is 11.8 Å². The molecule has 638 valence electrons. The summed E-state index contributed by atoms with van der Waals surface area (Å²) in [5.41, 5.74) is 13.4. The van der Waals surface area contributed by atoms with E-state index in [1.54, 1.807) is 13.8 Å². The Bertz CT molecular complexity index is 5700. The normalized spacial score (nSPS) is 17.2. The van der Waals surface area contributed by atoms with Gasteiger partial charge in [-0.25, -0.2) is 44.4 Å². The summed E-state index contributed by atoms with van der Waals surface area (Å²) >= 11 is 18.2. The van der Waals surface area contributed by atoms with E-state index in [1.165, 1.54) is 76.2 Å². The molecule has 0 spiro atoms. The molecule has 2 saturated carbocycles. The second kappa shape index (κ2) is 36.1. The van der Waals surface area contributed by atoms with Crippen molar-refractivity contribution in [1.82, 2.24) is 49.1 Å². The smallest absolute Gasteiger partial charge is 0.870 e. The van der Waals surface area contributed by atoms with E-state index in [0.717, 1.165) is 46.1 Å². The van der Waals surface area contributed by atoms with E-state index >= 15 is 17.6 Å². The molecule has 6 heterocycles. The van der Waals surface area contributed by atoms with Gasteiger partial charge in [0.05, 0.1) is 54.6 Å². The Labute approximate surface area is 742 Å². The third-order valence-corrected chi connectivity index (χ3v) is 25.6. The van der Waals surface area contributed by atoms with Crippen LogP contribution in [-0.2, 0) is 80.1 Å². The number of hydrogen-bond acceptors (Lipinski definition) is 15. The number of pyridine rings is 2. The summed E-state index contributed by atoms with van der Waals surface area (Å²) in [5, 5.41) is 16.3. The fourth-order valence-corrected chi connectivity index (χ4v) is 16.1. The van der Waals surface area contributed by atoms with E-state index in [1.807, 2.05) is 0 Å². The number of carbonyl (C=O) groups is 2. The molecule has 0 saturated heterocycles. The number of fused-ring (bicyclic) bond motifs is 8. The summed E-state index contributed by atoms with van der Waals surface area (Å²) in [6, 6.07) is 16.7. The Morgan fingerprint density at radius 3 is 1.18 bits per heavy atom. The minimum Gasteiger partial charge on any atom is -0.870 e. The summed E-state index contributed by atoms with van der Waals surface area (Å²) in [7, 11) is -7.41. The molecule has 41 heteroatoms. The molecule has 19 nitrogen and oxygen atoms in total. The number of halogens is 19. The fraction of sp³-hybridized carbons (Fsp3) is 0.392. The van der Waals surface area contributed by atoms with Crippen molar-refractivity contribution < 1.29 is 136 Å². The van der Waals surface area contributed by atoms with E-state index in [-0.39, 0.29) is 178 Å². The Hall–Kier alpha value is -6.75. The van der Waals surface area contributed by atoms with Crippen LogP contribution in [0.2, 0.25) is 10.0 Å². The molecule has 0 amide bonds. The van der Waals surface area contributed by atoms with Crippen LogP contribution in [0.25, 0.3) is 44.1 Å². The molecule has 5 N–H and O–H groups in total. The molecule has 4 aliphatic rings. The zero-order chi connectivity index (χ0) is 85.8. The maximum Gasteiger partial charge on any atom is 1.00 e. The number of hydrogen-bond donors (Lipinski definition) is 2. The van der Waals surface area contributed by atoms with Crippen molar-refractivity contribution in [2.24, 2.45) is 11.8 Å². The van der Waals surface area contributed by atoms with Gasteiger partial charge >= 0.3 is 92.4 Å². The monoisotopic (exact) mass is 2110 g/mol. The summed E-state index contributed by atoms with van der Waals surface area (Å²) < 4.78 is 253. The number of rotatable bonds is 20. The van der Waals surface area contributed by atoms with Crippen molar-refractivity contribution in [2.75, 3.05) is 24.0 Å². The molecule has 0 radical (unpaired) electrons. The van der Waals surface area contributed by atoms with Crippen molar-refractivity contribution in [2.45, 2.75) is 171 Å². The van der Waals surface area contributed by atoms with E-state index < -0.39 is 151 Å². The van der Waals surface area contributed by atoms with Gasteiger partial charge in [0.1, 0.15) is 81.7 Å². The van der Waals surface area contributed by atoms with Gasteiger partial charge in [-0.15, -0.1) is 0 Å².